The first-order valence-electron chi connectivity index (χ1n) is 10.4. The first-order chi connectivity index (χ1) is 10.9. The van der Waals surface area contributed by atoms with Crippen molar-refractivity contribution in [3.63, 3.8) is 0 Å². The molecule has 0 aromatic heterocycles. The molecule has 0 N–H and O–H groups in total. The van der Waals surface area contributed by atoms with Gasteiger partial charge in [-0.15, -0.1) is 0 Å². The minimum absolute atomic E-state index is 0.332. The molecule has 0 aromatic carbocycles. The van der Waals surface area contributed by atoms with Crippen LogP contribution in [0.2, 0.25) is 0 Å². The summed E-state index contributed by atoms with van der Waals surface area (Å²) in [7, 11) is 0. The van der Waals surface area contributed by atoms with E-state index in [1.807, 2.05) is 6.92 Å². The van der Waals surface area contributed by atoms with Crippen molar-refractivity contribution in [2.24, 2.45) is 46.3 Å². The van der Waals surface area contributed by atoms with Crippen molar-refractivity contribution in [3.8, 4) is 0 Å². The zero-order chi connectivity index (χ0) is 16.4. The molecule has 0 spiro atoms. The van der Waals surface area contributed by atoms with Crippen LogP contribution < -0.4 is 0 Å². The number of carbonyl (C=O) groups excluding carboxylic acids is 1. The molecule has 0 amide bonds. The van der Waals surface area contributed by atoms with Gasteiger partial charge in [-0.3, -0.25) is 4.79 Å². The molecule has 4 rings (SSSR count). The second-order valence-electron chi connectivity index (χ2n) is 10.3. The zero-order valence-corrected chi connectivity index (χ0v) is 15.7. The zero-order valence-electron chi connectivity index (χ0n) is 15.7. The topological polar surface area (TPSA) is 17.1 Å². The Morgan fingerprint density at radius 1 is 0.870 bits per heavy atom. The van der Waals surface area contributed by atoms with Crippen LogP contribution in [-0.2, 0) is 4.79 Å². The molecule has 4 saturated carbocycles. The van der Waals surface area contributed by atoms with E-state index in [9.17, 15) is 4.79 Å². The Hall–Kier alpha value is -0.330. The molecule has 0 aliphatic heterocycles. The van der Waals surface area contributed by atoms with Crippen LogP contribution >= 0.6 is 0 Å². The number of carbonyl (C=O) groups is 1. The normalized spacial score (nSPS) is 55.7. The van der Waals surface area contributed by atoms with Gasteiger partial charge in [0.25, 0.3) is 0 Å². The van der Waals surface area contributed by atoms with Gasteiger partial charge in [-0.25, -0.2) is 0 Å². The summed E-state index contributed by atoms with van der Waals surface area (Å²) in [5.41, 5.74) is 0.948. The molecule has 5 unspecified atom stereocenters. The smallest absolute Gasteiger partial charge is 0.133 e. The second-order valence-corrected chi connectivity index (χ2v) is 10.3. The number of hydrogen-bond donors (Lipinski definition) is 0. The monoisotopic (exact) mass is 316 g/mol. The molecule has 0 heterocycles. The molecule has 0 radical (unpaired) electrons. The second kappa shape index (κ2) is 5.33. The van der Waals surface area contributed by atoms with E-state index >= 15 is 0 Å². The highest BCUT2D eigenvalue weighted by Crippen LogP contribution is 2.67. The highest BCUT2D eigenvalue weighted by molar-refractivity contribution is 5.79. The van der Waals surface area contributed by atoms with Gasteiger partial charge in [0, 0.05) is 5.92 Å². The Morgan fingerprint density at radius 2 is 1.57 bits per heavy atom. The SMILES string of the molecule is CC(=O)C1CCC2C3CCC4C[C@@H](C)CC[C@]4(C)C3CC[C@]12C. The lowest BCUT2D eigenvalue weighted by molar-refractivity contribution is -0.135. The van der Waals surface area contributed by atoms with Crippen molar-refractivity contribution in [1.29, 1.82) is 0 Å². The highest BCUT2D eigenvalue weighted by Gasteiger charge is 2.60. The summed E-state index contributed by atoms with van der Waals surface area (Å²) >= 11 is 0. The lowest BCUT2D eigenvalue weighted by Crippen LogP contribution is -2.53. The fourth-order valence-electron chi connectivity index (χ4n) is 8.14. The molecule has 1 nitrogen and oxygen atoms in total. The van der Waals surface area contributed by atoms with E-state index in [-0.39, 0.29) is 0 Å². The average molecular weight is 317 g/mol. The summed E-state index contributed by atoms with van der Waals surface area (Å²) in [5.74, 6) is 5.50. The first kappa shape index (κ1) is 16.2. The van der Waals surface area contributed by atoms with E-state index in [4.69, 9.17) is 0 Å². The van der Waals surface area contributed by atoms with Gasteiger partial charge >= 0.3 is 0 Å². The number of hydrogen-bond acceptors (Lipinski definition) is 1. The summed E-state index contributed by atoms with van der Waals surface area (Å²) in [4.78, 5) is 12.2. The van der Waals surface area contributed by atoms with Gasteiger partial charge in [0.15, 0.2) is 0 Å². The molecule has 0 saturated heterocycles. The Morgan fingerprint density at radius 3 is 2.30 bits per heavy atom. The largest absolute Gasteiger partial charge is 0.300 e. The number of ketones is 1. The quantitative estimate of drug-likeness (QED) is 0.591. The van der Waals surface area contributed by atoms with Gasteiger partial charge in [-0.2, -0.15) is 0 Å². The molecule has 8 atom stereocenters. The van der Waals surface area contributed by atoms with Crippen LogP contribution in [0.15, 0.2) is 0 Å². The van der Waals surface area contributed by atoms with Crippen LogP contribution in [0.25, 0.3) is 0 Å². The van der Waals surface area contributed by atoms with Gasteiger partial charge in [0.2, 0.25) is 0 Å². The summed E-state index contributed by atoms with van der Waals surface area (Å²) in [5, 5.41) is 0. The van der Waals surface area contributed by atoms with Gasteiger partial charge in [0.1, 0.15) is 5.78 Å². The maximum absolute atomic E-state index is 12.2. The van der Waals surface area contributed by atoms with Crippen LogP contribution in [0.3, 0.4) is 0 Å². The third-order valence-electron chi connectivity index (χ3n) is 9.42. The predicted molar refractivity (Wildman–Crippen MR) is 95.1 cm³/mol. The number of fused-ring (bicyclic) bond motifs is 5. The molecule has 0 aromatic rings. The van der Waals surface area contributed by atoms with Crippen molar-refractivity contribution >= 4 is 5.78 Å². The molecule has 4 aliphatic rings. The lowest BCUT2D eigenvalue weighted by atomic mass is 9.44. The van der Waals surface area contributed by atoms with Gasteiger partial charge < -0.3 is 0 Å². The van der Waals surface area contributed by atoms with E-state index in [0.717, 1.165) is 29.6 Å². The molecule has 0 bridgehead atoms. The molecular weight excluding hydrogens is 280 g/mol. The molecule has 23 heavy (non-hydrogen) atoms. The fraction of sp³-hybridized carbons (Fsp3) is 0.955. The summed E-state index contributed by atoms with van der Waals surface area (Å²) in [6.07, 6.45) is 12.6. The minimum Gasteiger partial charge on any atom is -0.300 e. The average Bonchev–Trinajstić information content (AvgIpc) is 2.85. The Kier molecular flexibility index (Phi) is 3.75. The summed E-state index contributed by atoms with van der Waals surface area (Å²) in [6.45, 7) is 9.45. The van der Waals surface area contributed by atoms with Crippen LogP contribution in [0.1, 0.15) is 85.5 Å². The van der Waals surface area contributed by atoms with Crippen molar-refractivity contribution < 1.29 is 4.79 Å². The van der Waals surface area contributed by atoms with Crippen molar-refractivity contribution in [1.82, 2.24) is 0 Å². The number of Topliss-reactive ketones (excluding diaryl/α,β-unsaturated/α-hetero) is 1. The van der Waals surface area contributed by atoms with Crippen LogP contribution in [-0.4, -0.2) is 5.78 Å². The highest BCUT2D eigenvalue weighted by atomic mass is 16.1. The molecular formula is C22H36O. The van der Waals surface area contributed by atoms with E-state index in [0.29, 0.717) is 22.5 Å². The van der Waals surface area contributed by atoms with Gasteiger partial charge in [-0.05, 0) is 98.7 Å². The van der Waals surface area contributed by atoms with Crippen LogP contribution in [0.5, 0.6) is 0 Å². The summed E-state index contributed by atoms with van der Waals surface area (Å²) in [6, 6.07) is 0. The van der Waals surface area contributed by atoms with E-state index in [2.05, 4.69) is 20.8 Å². The number of rotatable bonds is 1. The van der Waals surface area contributed by atoms with Crippen LogP contribution in [0, 0.1) is 46.3 Å². The van der Waals surface area contributed by atoms with Crippen molar-refractivity contribution in [2.45, 2.75) is 85.5 Å². The molecule has 1 heteroatoms. The maximum Gasteiger partial charge on any atom is 0.133 e. The van der Waals surface area contributed by atoms with E-state index < -0.39 is 0 Å². The molecule has 4 aliphatic carbocycles. The molecule has 130 valence electrons. The third-order valence-corrected chi connectivity index (χ3v) is 9.42. The van der Waals surface area contributed by atoms with Crippen molar-refractivity contribution in [2.75, 3.05) is 0 Å². The van der Waals surface area contributed by atoms with Gasteiger partial charge in [0.05, 0.1) is 0 Å². The predicted octanol–water partition coefficient (Wildman–Crippen LogP) is 5.87. The summed E-state index contributed by atoms with van der Waals surface area (Å²) < 4.78 is 0. The third kappa shape index (κ3) is 2.20. The standard InChI is InChI=1S/C22H36O/c1-14-9-11-21(3)16(13-14)5-6-17-19-8-7-18(15(2)23)22(19,4)12-10-20(17)21/h14,16-20H,5-13H2,1-4H3/t14-,16?,17?,18?,19?,20?,21-,22+/m0/s1. The fourth-order valence-corrected chi connectivity index (χ4v) is 8.14. The minimum atomic E-state index is 0.332. The first-order valence-corrected chi connectivity index (χ1v) is 10.4. The Labute approximate surface area is 143 Å². The van der Waals surface area contributed by atoms with Crippen LogP contribution in [0.4, 0.5) is 0 Å². The lowest BCUT2D eigenvalue weighted by Gasteiger charge is -2.61. The molecule has 4 fully saturated rings. The Bertz CT molecular complexity index is 496. The van der Waals surface area contributed by atoms with Gasteiger partial charge in [-0.1, -0.05) is 27.2 Å². The van der Waals surface area contributed by atoms with E-state index in [1.54, 1.807) is 0 Å². The van der Waals surface area contributed by atoms with Crippen molar-refractivity contribution in [3.05, 3.63) is 0 Å². The Balaban J connectivity index is 1.61. The maximum atomic E-state index is 12.2. The van der Waals surface area contributed by atoms with E-state index in [1.165, 1.54) is 57.8 Å².